The number of alkyl halides is 3. The van der Waals surface area contributed by atoms with E-state index < -0.39 is 11.0 Å². The Balaban J connectivity index is 4.33. The van der Waals surface area contributed by atoms with E-state index in [0.29, 0.717) is 0 Å². The molecule has 1 nitrogen and oxygen atoms in total. The lowest BCUT2D eigenvalue weighted by molar-refractivity contribution is -0.130. The van der Waals surface area contributed by atoms with Crippen molar-refractivity contribution in [1.82, 2.24) is 0 Å². The summed E-state index contributed by atoms with van der Waals surface area (Å²) in [5.41, 5.74) is -2.05. The average Bonchev–Trinajstić information content (AvgIpc) is 1.84. The minimum absolute atomic E-state index is 0.0417. The van der Waals surface area contributed by atoms with Crippen LogP contribution >= 0.6 is 11.6 Å². The standard InChI is InChI=1S/C6H11ClF2O/c1-3-5(10,4-2)6(7,8)9/h10H,3-4H2,1-2H3. The Kier molecular flexibility index (Phi) is 3.04. The van der Waals surface area contributed by atoms with E-state index in [2.05, 4.69) is 11.6 Å². The van der Waals surface area contributed by atoms with Crippen LogP contribution in [0.2, 0.25) is 0 Å². The quantitative estimate of drug-likeness (QED) is 0.648. The predicted octanol–water partition coefficient (Wildman–Crippen LogP) is 2.37. The molecule has 4 heteroatoms. The molecule has 1 N–H and O–H groups in total. The van der Waals surface area contributed by atoms with Gasteiger partial charge in [0.05, 0.1) is 0 Å². The topological polar surface area (TPSA) is 20.2 Å². The second-order valence-electron chi connectivity index (χ2n) is 2.24. The molecule has 0 heterocycles. The molecule has 10 heavy (non-hydrogen) atoms. The molecule has 0 aromatic heterocycles. The van der Waals surface area contributed by atoms with Crippen molar-refractivity contribution in [1.29, 1.82) is 0 Å². The fraction of sp³-hybridized carbons (Fsp3) is 1.00. The maximum atomic E-state index is 12.3. The molecule has 0 aliphatic carbocycles. The smallest absolute Gasteiger partial charge is 0.349 e. The summed E-state index contributed by atoms with van der Waals surface area (Å²) in [6, 6.07) is 0. The molecule has 0 spiro atoms. The molecule has 0 unspecified atom stereocenters. The molecule has 0 saturated heterocycles. The number of hydrogen-bond donors (Lipinski definition) is 1. The first-order valence-corrected chi connectivity index (χ1v) is 3.54. The van der Waals surface area contributed by atoms with Crippen LogP contribution in [0.5, 0.6) is 0 Å². The van der Waals surface area contributed by atoms with Gasteiger partial charge in [0.25, 0.3) is 0 Å². The Morgan fingerprint density at radius 3 is 1.60 bits per heavy atom. The van der Waals surface area contributed by atoms with Gasteiger partial charge in [-0.15, -0.1) is 0 Å². The van der Waals surface area contributed by atoms with Crippen LogP contribution in [0.15, 0.2) is 0 Å². The van der Waals surface area contributed by atoms with Crippen molar-refractivity contribution in [2.45, 2.75) is 37.7 Å². The Hall–Kier alpha value is 0.110. The summed E-state index contributed by atoms with van der Waals surface area (Å²) in [5, 5.41) is 5.57. The first kappa shape index (κ1) is 10.1. The Morgan fingerprint density at radius 2 is 1.60 bits per heavy atom. The molecule has 0 fully saturated rings. The summed E-state index contributed by atoms with van der Waals surface area (Å²) in [4.78, 5) is 0. The van der Waals surface area contributed by atoms with Crippen molar-refractivity contribution >= 4 is 11.6 Å². The lowest BCUT2D eigenvalue weighted by atomic mass is 9.98. The highest BCUT2D eigenvalue weighted by molar-refractivity contribution is 6.22. The highest BCUT2D eigenvalue weighted by atomic mass is 35.5. The van der Waals surface area contributed by atoms with Crippen LogP contribution in [0, 0.1) is 0 Å². The molecular formula is C6H11ClF2O. The average molecular weight is 173 g/mol. The molecular weight excluding hydrogens is 162 g/mol. The van der Waals surface area contributed by atoms with E-state index in [1.807, 2.05) is 0 Å². The summed E-state index contributed by atoms with van der Waals surface area (Å²) >= 11 is 4.66. The third kappa shape index (κ3) is 1.80. The second-order valence-corrected chi connectivity index (χ2v) is 2.71. The first-order valence-electron chi connectivity index (χ1n) is 3.16. The number of hydrogen-bond acceptors (Lipinski definition) is 1. The molecule has 0 bridgehead atoms. The molecule has 62 valence electrons. The number of halogens is 3. The van der Waals surface area contributed by atoms with Crippen molar-refractivity contribution in [2.75, 3.05) is 0 Å². The van der Waals surface area contributed by atoms with Gasteiger partial charge in [-0.05, 0) is 24.4 Å². The maximum Gasteiger partial charge on any atom is 0.349 e. The lowest BCUT2D eigenvalue weighted by Gasteiger charge is -2.29. The van der Waals surface area contributed by atoms with Gasteiger partial charge in [0.1, 0.15) is 5.60 Å². The monoisotopic (exact) mass is 172 g/mol. The Bertz CT molecular complexity index is 107. The predicted molar refractivity (Wildman–Crippen MR) is 36.3 cm³/mol. The Morgan fingerprint density at radius 1 is 1.30 bits per heavy atom. The molecule has 0 saturated carbocycles. The zero-order valence-corrected chi connectivity index (χ0v) is 6.75. The van der Waals surface area contributed by atoms with Crippen LogP contribution in [-0.4, -0.2) is 16.1 Å². The zero-order valence-electron chi connectivity index (χ0n) is 6.00. The van der Waals surface area contributed by atoms with Crippen molar-refractivity contribution in [2.24, 2.45) is 0 Å². The summed E-state index contributed by atoms with van der Waals surface area (Å²) in [6.07, 6.45) is -0.0833. The van der Waals surface area contributed by atoms with Crippen molar-refractivity contribution in [3.63, 3.8) is 0 Å². The molecule has 0 radical (unpaired) electrons. The van der Waals surface area contributed by atoms with Crippen LogP contribution in [0.1, 0.15) is 26.7 Å². The highest BCUT2D eigenvalue weighted by Crippen LogP contribution is 2.37. The van der Waals surface area contributed by atoms with Gasteiger partial charge in [0, 0.05) is 0 Å². The molecule has 0 aromatic rings. The van der Waals surface area contributed by atoms with E-state index >= 15 is 0 Å². The minimum atomic E-state index is -3.52. The third-order valence-corrected chi connectivity index (χ3v) is 2.05. The van der Waals surface area contributed by atoms with Gasteiger partial charge >= 0.3 is 5.38 Å². The van der Waals surface area contributed by atoms with Crippen molar-refractivity contribution < 1.29 is 13.9 Å². The SMILES string of the molecule is CCC(O)(CC)C(F)(F)Cl. The Labute approximate surface area is 64.0 Å². The largest absolute Gasteiger partial charge is 0.382 e. The van der Waals surface area contributed by atoms with Gasteiger partial charge in [-0.2, -0.15) is 8.78 Å². The normalized spacial score (nSPS) is 13.8. The molecule has 0 rings (SSSR count). The van der Waals surface area contributed by atoms with Gasteiger partial charge in [-0.3, -0.25) is 0 Å². The fourth-order valence-corrected chi connectivity index (χ4v) is 0.918. The van der Waals surface area contributed by atoms with Crippen LogP contribution in [0.4, 0.5) is 8.78 Å². The number of rotatable bonds is 3. The van der Waals surface area contributed by atoms with Crippen molar-refractivity contribution in [3.8, 4) is 0 Å². The maximum absolute atomic E-state index is 12.3. The van der Waals surface area contributed by atoms with Gasteiger partial charge in [-0.25, -0.2) is 0 Å². The number of aliphatic hydroxyl groups is 1. The fourth-order valence-electron chi connectivity index (χ4n) is 0.651. The molecule has 0 atom stereocenters. The summed E-state index contributed by atoms with van der Waals surface area (Å²) in [7, 11) is 0. The molecule has 0 aliphatic rings. The van der Waals surface area contributed by atoms with E-state index in [4.69, 9.17) is 5.11 Å². The first-order chi connectivity index (χ1) is 4.37. The van der Waals surface area contributed by atoms with Crippen LogP contribution in [-0.2, 0) is 0 Å². The van der Waals surface area contributed by atoms with Gasteiger partial charge in [0.15, 0.2) is 0 Å². The highest BCUT2D eigenvalue weighted by Gasteiger charge is 2.48. The minimum Gasteiger partial charge on any atom is -0.382 e. The van der Waals surface area contributed by atoms with Gasteiger partial charge in [-0.1, -0.05) is 13.8 Å². The van der Waals surface area contributed by atoms with E-state index in [1.54, 1.807) is 0 Å². The van der Waals surface area contributed by atoms with E-state index in [-0.39, 0.29) is 12.8 Å². The van der Waals surface area contributed by atoms with Crippen LogP contribution in [0.25, 0.3) is 0 Å². The second kappa shape index (κ2) is 3.01. The van der Waals surface area contributed by atoms with Gasteiger partial charge in [0.2, 0.25) is 0 Å². The summed E-state index contributed by atoms with van der Waals surface area (Å²) in [6.45, 7) is 2.94. The van der Waals surface area contributed by atoms with E-state index in [0.717, 1.165) is 0 Å². The molecule has 0 aromatic carbocycles. The van der Waals surface area contributed by atoms with Crippen LogP contribution in [0.3, 0.4) is 0 Å². The summed E-state index contributed by atoms with van der Waals surface area (Å²) < 4.78 is 24.6. The van der Waals surface area contributed by atoms with E-state index in [9.17, 15) is 8.78 Å². The van der Waals surface area contributed by atoms with Crippen molar-refractivity contribution in [3.05, 3.63) is 0 Å². The molecule has 0 aliphatic heterocycles. The van der Waals surface area contributed by atoms with E-state index in [1.165, 1.54) is 13.8 Å². The summed E-state index contributed by atoms with van der Waals surface area (Å²) in [5.74, 6) is 0. The third-order valence-electron chi connectivity index (χ3n) is 1.70. The lowest BCUT2D eigenvalue weighted by Crippen LogP contribution is -2.42. The zero-order chi connectivity index (χ0) is 8.41. The van der Waals surface area contributed by atoms with Gasteiger partial charge < -0.3 is 5.11 Å². The van der Waals surface area contributed by atoms with Crippen LogP contribution < -0.4 is 0 Å². The molecule has 0 amide bonds.